The zero-order valence-electron chi connectivity index (χ0n) is 12.4. The second-order valence-corrected chi connectivity index (χ2v) is 5.38. The Morgan fingerprint density at radius 3 is 2.48 bits per heavy atom. The minimum atomic E-state index is -0.153. The van der Waals surface area contributed by atoms with Crippen LogP contribution < -0.4 is 4.74 Å². The van der Waals surface area contributed by atoms with Crippen molar-refractivity contribution >= 4 is 28.0 Å². The number of ketones is 2. The highest BCUT2D eigenvalue weighted by Gasteiger charge is 2.28. The summed E-state index contributed by atoms with van der Waals surface area (Å²) in [6.45, 7) is 0. The van der Waals surface area contributed by atoms with Crippen molar-refractivity contribution in [2.24, 2.45) is 0 Å². The maximum Gasteiger partial charge on any atom is 0.194 e. The van der Waals surface area contributed by atoms with Crippen molar-refractivity contribution in [3.8, 4) is 5.75 Å². The maximum absolute atomic E-state index is 12.8. The van der Waals surface area contributed by atoms with E-state index < -0.39 is 0 Å². The van der Waals surface area contributed by atoms with Gasteiger partial charge in [-0.1, -0.05) is 30.3 Å². The summed E-state index contributed by atoms with van der Waals surface area (Å²) in [5, 5.41) is 0.807. The van der Waals surface area contributed by atoms with Crippen LogP contribution in [-0.2, 0) is 0 Å². The summed E-state index contributed by atoms with van der Waals surface area (Å²) in [6, 6.07) is 12.5. The molecule has 0 saturated heterocycles. The highest BCUT2D eigenvalue weighted by molar-refractivity contribution is 6.40. The standard InChI is InChI=1S/C19H13NO3/c1-23-17-8-4-7-15-18(17)14(10-20-15)13-9-16(21)11-5-2-3-6-12(11)19(13)22/h2-10,20H,1H3. The second kappa shape index (κ2) is 4.95. The van der Waals surface area contributed by atoms with Gasteiger partial charge >= 0.3 is 0 Å². The normalized spacial score (nSPS) is 13.9. The van der Waals surface area contributed by atoms with E-state index in [-0.39, 0.29) is 11.6 Å². The van der Waals surface area contributed by atoms with Crippen molar-refractivity contribution in [1.82, 2.24) is 4.98 Å². The lowest BCUT2D eigenvalue weighted by Crippen LogP contribution is -2.15. The number of aromatic nitrogens is 1. The van der Waals surface area contributed by atoms with E-state index in [2.05, 4.69) is 4.98 Å². The van der Waals surface area contributed by atoms with Crippen LogP contribution in [0.3, 0.4) is 0 Å². The molecule has 1 aromatic heterocycles. The third-order valence-corrected chi connectivity index (χ3v) is 4.13. The summed E-state index contributed by atoms with van der Waals surface area (Å²) in [4.78, 5) is 28.3. The van der Waals surface area contributed by atoms with E-state index in [1.165, 1.54) is 6.08 Å². The topological polar surface area (TPSA) is 59.2 Å². The van der Waals surface area contributed by atoms with Crippen LogP contribution in [0.1, 0.15) is 26.3 Å². The fourth-order valence-corrected chi connectivity index (χ4v) is 3.05. The number of fused-ring (bicyclic) bond motifs is 2. The molecule has 1 heterocycles. The van der Waals surface area contributed by atoms with E-state index in [0.29, 0.717) is 28.0 Å². The molecule has 0 amide bonds. The Labute approximate surface area is 132 Å². The number of rotatable bonds is 2. The number of carbonyl (C=O) groups excluding carboxylic acids is 2. The highest BCUT2D eigenvalue weighted by Crippen LogP contribution is 2.36. The van der Waals surface area contributed by atoms with Gasteiger partial charge in [0.15, 0.2) is 11.6 Å². The van der Waals surface area contributed by atoms with Crippen LogP contribution in [-0.4, -0.2) is 23.7 Å². The largest absolute Gasteiger partial charge is 0.496 e. The van der Waals surface area contributed by atoms with Gasteiger partial charge in [-0.3, -0.25) is 9.59 Å². The number of ether oxygens (including phenoxy) is 1. The van der Waals surface area contributed by atoms with E-state index in [4.69, 9.17) is 4.74 Å². The predicted octanol–water partition coefficient (Wildman–Crippen LogP) is 3.64. The van der Waals surface area contributed by atoms with E-state index >= 15 is 0 Å². The Bertz CT molecular complexity index is 995. The van der Waals surface area contributed by atoms with Gasteiger partial charge in [0.25, 0.3) is 0 Å². The average Bonchev–Trinajstić information content (AvgIpc) is 3.02. The Hall–Kier alpha value is -3.14. The number of H-pyrrole nitrogens is 1. The lowest BCUT2D eigenvalue weighted by Gasteiger charge is -2.15. The number of carbonyl (C=O) groups is 2. The number of benzene rings is 2. The van der Waals surface area contributed by atoms with Gasteiger partial charge in [-0.2, -0.15) is 0 Å². The number of aromatic amines is 1. The first-order valence-corrected chi connectivity index (χ1v) is 7.25. The molecule has 0 unspecified atom stereocenters. The Balaban J connectivity index is 1.96. The number of Topliss-reactive ketones (excluding diaryl/α,β-unsaturated/α-hetero) is 1. The molecule has 4 nitrogen and oxygen atoms in total. The lowest BCUT2D eigenvalue weighted by atomic mass is 9.86. The molecular formula is C19H13NO3. The summed E-state index contributed by atoms with van der Waals surface area (Å²) < 4.78 is 5.41. The van der Waals surface area contributed by atoms with Crippen LogP contribution in [0.15, 0.2) is 54.7 Å². The molecule has 112 valence electrons. The summed E-state index contributed by atoms with van der Waals surface area (Å²) in [5.74, 6) is 0.366. The predicted molar refractivity (Wildman–Crippen MR) is 87.9 cm³/mol. The first-order chi connectivity index (χ1) is 11.2. The van der Waals surface area contributed by atoms with Crippen LogP contribution in [0.2, 0.25) is 0 Å². The monoisotopic (exact) mass is 303 g/mol. The van der Waals surface area contributed by atoms with Crippen molar-refractivity contribution in [2.45, 2.75) is 0 Å². The fourth-order valence-electron chi connectivity index (χ4n) is 3.05. The number of hydrogen-bond acceptors (Lipinski definition) is 3. The van der Waals surface area contributed by atoms with Gasteiger partial charge in [-0.25, -0.2) is 0 Å². The number of allylic oxidation sites excluding steroid dienone is 2. The number of hydrogen-bond donors (Lipinski definition) is 1. The quantitative estimate of drug-likeness (QED) is 0.786. The summed E-state index contributed by atoms with van der Waals surface area (Å²) >= 11 is 0. The molecule has 4 heteroatoms. The van der Waals surface area contributed by atoms with E-state index in [0.717, 1.165) is 10.9 Å². The van der Waals surface area contributed by atoms with Crippen LogP contribution in [0.5, 0.6) is 5.75 Å². The zero-order chi connectivity index (χ0) is 16.0. The molecule has 2 aromatic carbocycles. The van der Waals surface area contributed by atoms with Gasteiger partial charge in [-0.15, -0.1) is 0 Å². The molecule has 1 aliphatic rings. The minimum Gasteiger partial charge on any atom is -0.496 e. The molecule has 1 N–H and O–H groups in total. The molecule has 0 radical (unpaired) electrons. The fraction of sp³-hybridized carbons (Fsp3) is 0.0526. The van der Waals surface area contributed by atoms with Crippen molar-refractivity contribution in [1.29, 1.82) is 0 Å². The summed E-state index contributed by atoms with van der Waals surface area (Å²) in [6.07, 6.45) is 3.16. The molecule has 0 fully saturated rings. The molecule has 23 heavy (non-hydrogen) atoms. The molecule has 0 bridgehead atoms. The van der Waals surface area contributed by atoms with Crippen LogP contribution >= 0.6 is 0 Å². The van der Waals surface area contributed by atoms with Crippen molar-refractivity contribution in [2.75, 3.05) is 7.11 Å². The number of nitrogens with one attached hydrogen (secondary N) is 1. The maximum atomic E-state index is 12.8. The molecule has 1 aliphatic carbocycles. The van der Waals surface area contributed by atoms with Gasteiger partial charge < -0.3 is 9.72 Å². The van der Waals surface area contributed by atoms with Gasteiger partial charge in [-0.05, 0) is 18.2 Å². The SMILES string of the molecule is COc1cccc2[nH]cc(C3=CC(=O)c4ccccc4C3=O)c12. The van der Waals surface area contributed by atoms with E-state index in [1.54, 1.807) is 37.6 Å². The second-order valence-electron chi connectivity index (χ2n) is 5.38. The van der Waals surface area contributed by atoms with Crippen molar-refractivity contribution < 1.29 is 14.3 Å². The zero-order valence-corrected chi connectivity index (χ0v) is 12.4. The first-order valence-electron chi connectivity index (χ1n) is 7.25. The number of methoxy groups -OCH3 is 1. The Morgan fingerprint density at radius 2 is 1.70 bits per heavy atom. The van der Waals surface area contributed by atoms with Crippen molar-refractivity contribution in [3.05, 3.63) is 71.4 Å². The molecular weight excluding hydrogens is 290 g/mol. The van der Waals surface area contributed by atoms with Gasteiger partial charge in [0, 0.05) is 39.4 Å². The van der Waals surface area contributed by atoms with Gasteiger partial charge in [0.1, 0.15) is 5.75 Å². The third kappa shape index (κ3) is 1.92. The van der Waals surface area contributed by atoms with E-state index in [1.807, 2.05) is 18.2 Å². The van der Waals surface area contributed by atoms with Gasteiger partial charge in [0.05, 0.1) is 7.11 Å². The summed E-state index contributed by atoms with van der Waals surface area (Å²) in [7, 11) is 1.59. The van der Waals surface area contributed by atoms with Crippen LogP contribution in [0.25, 0.3) is 16.5 Å². The molecule has 0 aliphatic heterocycles. The highest BCUT2D eigenvalue weighted by atomic mass is 16.5. The average molecular weight is 303 g/mol. The molecule has 4 rings (SSSR count). The Morgan fingerprint density at radius 1 is 0.913 bits per heavy atom. The van der Waals surface area contributed by atoms with Crippen LogP contribution in [0, 0.1) is 0 Å². The first kappa shape index (κ1) is 13.5. The van der Waals surface area contributed by atoms with E-state index in [9.17, 15) is 9.59 Å². The van der Waals surface area contributed by atoms with Gasteiger partial charge in [0.2, 0.25) is 0 Å². The molecule has 0 atom stereocenters. The van der Waals surface area contributed by atoms with Crippen molar-refractivity contribution in [3.63, 3.8) is 0 Å². The molecule has 3 aromatic rings. The molecule has 0 spiro atoms. The minimum absolute atomic E-state index is 0.146. The lowest BCUT2D eigenvalue weighted by molar-refractivity contribution is 0.100. The molecule has 0 saturated carbocycles. The third-order valence-electron chi connectivity index (χ3n) is 4.13. The van der Waals surface area contributed by atoms with Crippen LogP contribution in [0.4, 0.5) is 0 Å². The summed E-state index contributed by atoms with van der Waals surface area (Å²) in [5.41, 5.74) is 2.83. The Kier molecular flexibility index (Phi) is 2.91. The smallest absolute Gasteiger partial charge is 0.194 e.